The van der Waals surface area contributed by atoms with Gasteiger partial charge in [0.2, 0.25) is 15.9 Å². The molecule has 216 valence electrons. The number of hydrogen-bond donors (Lipinski definition) is 2. The Hall–Kier alpha value is -3.89. The van der Waals surface area contributed by atoms with Gasteiger partial charge in [-0.1, -0.05) is 48.5 Å². The predicted octanol–water partition coefficient (Wildman–Crippen LogP) is 4.11. The van der Waals surface area contributed by atoms with Crippen molar-refractivity contribution in [1.29, 1.82) is 0 Å². The van der Waals surface area contributed by atoms with Crippen LogP contribution in [0.1, 0.15) is 31.2 Å². The zero-order valence-electron chi connectivity index (χ0n) is 23.0. The second kappa shape index (κ2) is 11.9. The van der Waals surface area contributed by atoms with Gasteiger partial charge < -0.3 is 19.9 Å². The van der Waals surface area contributed by atoms with Gasteiger partial charge in [0, 0.05) is 12.5 Å². The molecule has 3 aromatic carbocycles. The second-order valence-electron chi connectivity index (χ2n) is 10.5. The normalized spacial score (nSPS) is 21.2. The quantitative estimate of drug-likeness (QED) is 0.371. The van der Waals surface area contributed by atoms with Gasteiger partial charge in [0.15, 0.2) is 0 Å². The maximum Gasteiger partial charge on any atom is 0.326 e. The van der Waals surface area contributed by atoms with E-state index in [1.807, 2.05) is 30.3 Å². The van der Waals surface area contributed by atoms with E-state index in [9.17, 15) is 23.1 Å². The van der Waals surface area contributed by atoms with Crippen LogP contribution >= 0.6 is 0 Å². The summed E-state index contributed by atoms with van der Waals surface area (Å²) < 4.78 is 39.6. The number of methoxy groups -OCH3 is 2. The second-order valence-corrected chi connectivity index (χ2v) is 12.3. The van der Waals surface area contributed by atoms with E-state index in [1.54, 1.807) is 44.6 Å². The third-order valence-corrected chi connectivity index (χ3v) is 10.1. The smallest absolute Gasteiger partial charge is 0.326 e. The van der Waals surface area contributed by atoms with Crippen molar-refractivity contribution in [2.24, 2.45) is 5.92 Å². The summed E-state index contributed by atoms with van der Waals surface area (Å²) in [5, 5.41) is 12.7. The van der Waals surface area contributed by atoms with E-state index in [4.69, 9.17) is 9.47 Å². The molecule has 2 N–H and O–H groups in total. The van der Waals surface area contributed by atoms with Gasteiger partial charge >= 0.3 is 5.97 Å². The molecular weight excluding hydrogens is 544 g/mol. The van der Waals surface area contributed by atoms with Crippen LogP contribution in [0.15, 0.2) is 77.7 Å². The molecule has 2 saturated heterocycles. The van der Waals surface area contributed by atoms with Gasteiger partial charge in [-0.2, -0.15) is 4.31 Å². The summed E-state index contributed by atoms with van der Waals surface area (Å²) in [6, 6.07) is 18.4. The number of ether oxygens (including phenoxy) is 2. The third kappa shape index (κ3) is 5.67. The first-order chi connectivity index (χ1) is 19.7. The van der Waals surface area contributed by atoms with E-state index in [2.05, 4.69) is 5.32 Å². The number of carbonyl (C=O) groups is 2. The minimum atomic E-state index is -3.94. The number of rotatable bonds is 10. The van der Waals surface area contributed by atoms with Gasteiger partial charge in [0.1, 0.15) is 23.6 Å². The van der Waals surface area contributed by atoms with Gasteiger partial charge in [-0.3, -0.25) is 4.79 Å². The highest BCUT2D eigenvalue weighted by atomic mass is 32.2. The molecule has 9 nitrogen and oxygen atoms in total. The minimum absolute atomic E-state index is 0.0384. The van der Waals surface area contributed by atoms with Crippen LogP contribution in [0, 0.1) is 5.92 Å². The number of carboxylic acids is 1. The average Bonchev–Trinajstić information content (AvgIpc) is 3.01. The lowest BCUT2D eigenvalue weighted by molar-refractivity contribution is -0.143. The molecule has 2 atom stereocenters. The maximum atomic E-state index is 13.7. The molecule has 0 unspecified atom stereocenters. The average molecular weight is 579 g/mol. The number of carboxylic acid groups (broad SMARTS) is 1. The summed E-state index contributed by atoms with van der Waals surface area (Å²) >= 11 is 0. The Bertz CT molecular complexity index is 1480. The molecule has 41 heavy (non-hydrogen) atoms. The number of sulfonamides is 1. The Kier molecular flexibility index (Phi) is 8.32. The zero-order valence-corrected chi connectivity index (χ0v) is 23.8. The maximum absolute atomic E-state index is 13.7. The van der Waals surface area contributed by atoms with Gasteiger partial charge in [-0.25, -0.2) is 13.2 Å². The molecule has 1 amide bonds. The first-order valence-electron chi connectivity index (χ1n) is 13.7. The Morgan fingerprint density at radius 3 is 2.07 bits per heavy atom. The fourth-order valence-electron chi connectivity index (χ4n) is 6.13. The number of benzene rings is 3. The highest BCUT2D eigenvalue weighted by molar-refractivity contribution is 7.89. The number of piperidine rings is 2. The van der Waals surface area contributed by atoms with Gasteiger partial charge in [-0.15, -0.1) is 0 Å². The third-order valence-electron chi connectivity index (χ3n) is 8.13. The molecule has 3 aliphatic rings. The Balaban J connectivity index is 1.36. The van der Waals surface area contributed by atoms with Crippen molar-refractivity contribution in [1.82, 2.24) is 9.62 Å². The Morgan fingerprint density at radius 2 is 1.51 bits per heavy atom. The number of carbonyl (C=O) groups excluding carboxylic acids is 1. The fourth-order valence-corrected chi connectivity index (χ4v) is 8.05. The highest BCUT2D eigenvalue weighted by Gasteiger charge is 2.51. The number of nitrogens with zero attached hydrogens (tertiary/aromatic N) is 1. The fraction of sp³-hybridized carbons (Fsp3) is 0.355. The van der Waals surface area contributed by atoms with Gasteiger partial charge in [0.25, 0.3) is 0 Å². The summed E-state index contributed by atoms with van der Waals surface area (Å²) in [7, 11) is -0.779. The summed E-state index contributed by atoms with van der Waals surface area (Å²) in [6.45, 7) is 0. The van der Waals surface area contributed by atoms with Crippen molar-refractivity contribution in [2.45, 2.75) is 55.1 Å². The van der Waals surface area contributed by atoms with E-state index in [-0.39, 0.29) is 23.3 Å². The summed E-state index contributed by atoms with van der Waals surface area (Å²) in [6.07, 6.45) is 2.87. The first-order valence-corrected chi connectivity index (χ1v) is 15.1. The van der Waals surface area contributed by atoms with Crippen LogP contribution < -0.4 is 14.8 Å². The molecule has 3 aromatic rings. The van der Waals surface area contributed by atoms with E-state index >= 15 is 0 Å². The van der Waals surface area contributed by atoms with Crippen molar-refractivity contribution in [3.8, 4) is 22.6 Å². The summed E-state index contributed by atoms with van der Waals surface area (Å²) in [4.78, 5) is 26.0. The molecule has 10 heteroatoms. The largest absolute Gasteiger partial charge is 0.496 e. The lowest BCUT2D eigenvalue weighted by Gasteiger charge is -2.49. The standard InChI is InChI=1S/C31H34N2O7S/c1-39-26-9-6-10-27(40-2)28(26)21-13-11-20(12-14-21)19-25(31(35)36)32-30(34)29-22-15-17-23(18-16-22)33(29)41(37,38)24-7-4-3-5-8-24/h3-14,22-23,25,29H,15-19H2,1-2H3,(H,32,34)(H,35,36)/t22?,23?,25-,29-/m0/s1. The number of hydrogen-bond acceptors (Lipinski definition) is 6. The van der Waals surface area contributed by atoms with Gasteiger partial charge in [-0.05, 0) is 67.0 Å². The van der Waals surface area contributed by atoms with Crippen molar-refractivity contribution in [3.63, 3.8) is 0 Å². The first kappa shape index (κ1) is 28.6. The van der Waals surface area contributed by atoms with Crippen LogP contribution in [0.3, 0.4) is 0 Å². The molecule has 0 spiro atoms. The lowest BCUT2D eigenvalue weighted by atomic mass is 9.76. The van der Waals surface area contributed by atoms with Crippen LogP contribution in [0.5, 0.6) is 11.5 Å². The summed E-state index contributed by atoms with van der Waals surface area (Å²) in [5.41, 5.74) is 2.31. The minimum Gasteiger partial charge on any atom is -0.496 e. The molecule has 0 radical (unpaired) electrons. The Morgan fingerprint density at radius 1 is 0.902 bits per heavy atom. The van der Waals surface area contributed by atoms with Crippen LogP contribution in [0.4, 0.5) is 0 Å². The molecule has 6 rings (SSSR count). The number of nitrogens with one attached hydrogen (secondary N) is 1. The van der Waals surface area contributed by atoms with Crippen molar-refractivity contribution >= 4 is 21.9 Å². The molecule has 3 fully saturated rings. The van der Waals surface area contributed by atoms with E-state index in [0.29, 0.717) is 29.9 Å². The van der Waals surface area contributed by atoms with E-state index < -0.39 is 34.0 Å². The lowest BCUT2D eigenvalue weighted by Crippen LogP contribution is -2.63. The number of fused-ring (bicyclic) bond motifs is 3. The zero-order chi connectivity index (χ0) is 29.1. The van der Waals surface area contributed by atoms with Crippen LogP contribution in [-0.2, 0) is 26.0 Å². The molecule has 1 aliphatic carbocycles. The number of aliphatic carboxylic acids is 1. The predicted molar refractivity (Wildman–Crippen MR) is 153 cm³/mol. The van der Waals surface area contributed by atoms with Crippen LogP contribution in [0.2, 0.25) is 0 Å². The van der Waals surface area contributed by atoms with E-state index in [0.717, 1.165) is 24.0 Å². The molecule has 2 heterocycles. The van der Waals surface area contributed by atoms with Gasteiger partial charge in [0.05, 0.1) is 24.7 Å². The van der Waals surface area contributed by atoms with E-state index in [1.165, 1.54) is 16.4 Å². The molecular formula is C31H34N2O7S. The molecule has 0 aromatic heterocycles. The van der Waals surface area contributed by atoms with Crippen molar-refractivity contribution in [3.05, 3.63) is 78.4 Å². The van der Waals surface area contributed by atoms with Crippen molar-refractivity contribution < 1.29 is 32.6 Å². The molecule has 2 bridgehead atoms. The molecule has 1 saturated carbocycles. The van der Waals surface area contributed by atoms with Crippen LogP contribution in [-0.4, -0.2) is 62.1 Å². The summed E-state index contributed by atoms with van der Waals surface area (Å²) in [5.74, 6) is -0.633. The monoisotopic (exact) mass is 578 g/mol. The molecule has 2 aliphatic heterocycles. The highest BCUT2D eigenvalue weighted by Crippen LogP contribution is 2.43. The topological polar surface area (TPSA) is 122 Å². The SMILES string of the molecule is COc1cccc(OC)c1-c1ccc(C[C@H](NC(=O)[C@@H]2C3CCC(CC3)N2S(=O)(=O)c2ccccc2)C(=O)O)cc1. The number of amides is 1. The van der Waals surface area contributed by atoms with Crippen LogP contribution in [0.25, 0.3) is 11.1 Å². The van der Waals surface area contributed by atoms with Crippen molar-refractivity contribution in [2.75, 3.05) is 14.2 Å². The Labute approximate surface area is 240 Å².